The first kappa shape index (κ1) is 62.7. The van der Waals surface area contributed by atoms with Gasteiger partial charge >= 0.3 is 0 Å². The van der Waals surface area contributed by atoms with E-state index in [9.17, 15) is 30.3 Å². The van der Waals surface area contributed by atoms with Crippen molar-refractivity contribution in [2.75, 3.05) is 13.2 Å². The summed E-state index contributed by atoms with van der Waals surface area (Å²) in [4.78, 5) is 13.0. The molecular formula is C57H109NO8. The van der Waals surface area contributed by atoms with Gasteiger partial charge in [0.05, 0.1) is 25.4 Å². The number of hydrogen-bond acceptors (Lipinski definition) is 8. The van der Waals surface area contributed by atoms with Gasteiger partial charge in [0, 0.05) is 6.42 Å². The van der Waals surface area contributed by atoms with Gasteiger partial charge in [-0.05, 0) is 32.1 Å². The first-order valence-electron chi connectivity index (χ1n) is 28.6. The number of nitrogens with one attached hydrogen (secondary N) is 1. The molecule has 0 aromatic carbocycles. The lowest BCUT2D eigenvalue weighted by Gasteiger charge is -2.40. The lowest BCUT2D eigenvalue weighted by molar-refractivity contribution is -0.302. The van der Waals surface area contributed by atoms with Crippen molar-refractivity contribution in [2.24, 2.45) is 0 Å². The lowest BCUT2D eigenvalue weighted by atomic mass is 9.99. The fraction of sp³-hybridized carbons (Fsp3) is 0.912. The number of aliphatic hydroxyl groups excluding tert-OH is 5. The third-order valence-corrected chi connectivity index (χ3v) is 13.8. The summed E-state index contributed by atoms with van der Waals surface area (Å²) in [7, 11) is 0. The number of aliphatic hydroxyl groups is 5. The van der Waals surface area contributed by atoms with Crippen LogP contribution in [0.3, 0.4) is 0 Å². The van der Waals surface area contributed by atoms with Crippen LogP contribution in [0.2, 0.25) is 0 Å². The van der Waals surface area contributed by atoms with Crippen LogP contribution >= 0.6 is 0 Å². The molecule has 7 atom stereocenters. The maximum Gasteiger partial charge on any atom is 0.220 e. The monoisotopic (exact) mass is 936 g/mol. The predicted octanol–water partition coefficient (Wildman–Crippen LogP) is 13.8. The van der Waals surface area contributed by atoms with E-state index in [2.05, 4.69) is 31.3 Å². The van der Waals surface area contributed by atoms with Crippen LogP contribution < -0.4 is 5.32 Å². The maximum absolute atomic E-state index is 13.0. The molecule has 0 aromatic heterocycles. The Hall–Kier alpha value is -1.33. The molecular weight excluding hydrogens is 827 g/mol. The SMILES string of the molecule is CCCCCCCCCCCCCCCCCC/C=C/CC/C=C/C(O)C(COC1OC(CO)C(O)C(O)C1O)NC(=O)CCCCCCCCCCCCCCCCCCCCCCC. The van der Waals surface area contributed by atoms with Crippen LogP contribution in [0.5, 0.6) is 0 Å². The Morgan fingerprint density at radius 3 is 1.27 bits per heavy atom. The van der Waals surface area contributed by atoms with Gasteiger partial charge in [-0.15, -0.1) is 0 Å². The normalized spacial score (nSPS) is 19.9. The quantitative estimate of drug-likeness (QED) is 0.0261. The van der Waals surface area contributed by atoms with Gasteiger partial charge in [-0.2, -0.15) is 0 Å². The van der Waals surface area contributed by atoms with Gasteiger partial charge in [0.15, 0.2) is 6.29 Å². The highest BCUT2D eigenvalue weighted by Gasteiger charge is 2.44. The van der Waals surface area contributed by atoms with E-state index in [1.54, 1.807) is 6.08 Å². The lowest BCUT2D eigenvalue weighted by Crippen LogP contribution is -2.60. The molecule has 1 amide bonds. The molecule has 1 aliphatic rings. The molecule has 7 unspecified atom stereocenters. The molecule has 1 aliphatic heterocycles. The zero-order chi connectivity index (χ0) is 48.0. The minimum Gasteiger partial charge on any atom is -0.394 e. The van der Waals surface area contributed by atoms with Gasteiger partial charge in [0.2, 0.25) is 5.91 Å². The van der Waals surface area contributed by atoms with E-state index in [1.165, 1.54) is 218 Å². The Labute approximate surface area is 407 Å². The second kappa shape index (κ2) is 47.4. The summed E-state index contributed by atoms with van der Waals surface area (Å²) >= 11 is 0. The Morgan fingerprint density at radius 2 is 0.864 bits per heavy atom. The van der Waals surface area contributed by atoms with Crippen LogP contribution in [0.4, 0.5) is 0 Å². The number of allylic oxidation sites excluding steroid dienone is 3. The van der Waals surface area contributed by atoms with Crippen molar-refractivity contribution < 1.29 is 39.8 Å². The molecule has 0 saturated carbocycles. The molecule has 0 spiro atoms. The zero-order valence-corrected chi connectivity index (χ0v) is 43.2. The fourth-order valence-electron chi connectivity index (χ4n) is 9.23. The van der Waals surface area contributed by atoms with Crippen molar-refractivity contribution in [3.8, 4) is 0 Å². The van der Waals surface area contributed by atoms with Gasteiger partial charge < -0.3 is 40.3 Å². The third-order valence-electron chi connectivity index (χ3n) is 13.8. The van der Waals surface area contributed by atoms with Crippen molar-refractivity contribution in [3.63, 3.8) is 0 Å². The number of amides is 1. The smallest absolute Gasteiger partial charge is 0.220 e. The minimum atomic E-state index is -1.57. The number of unbranched alkanes of at least 4 members (excludes halogenated alkanes) is 37. The van der Waals surface area contributed by atoms with E-state index >= 15 is 0 Å². The van der Waals surface area contributed by atoms with E-state index in [-0.39, 0.29) is 12.5 Å². The van der Waals surface area contributed by atoms with Crippen LogP contribution in [-0.4, -0.2) is 87.5 Å². The zero-order valence-electron chi connectivity index (χ0n) is 43.2. The second-order valence-electron chi connectivity index (χ2n) is 20.1. The van der Waals surface area contributed by atoms with E-state index < -0.39 is 49.5 Å². The van der Waals surface area contributed by atoms with E-state index in [0.717, 1.165) is 38.5 Å². The molecule has 1 rings (SSSR count). The van der Waals surface area contributed by atoms with Crippen LogP contribution in [0.15, 0.2) is 24.3 Å². The molecule has 9 heteroatoms. The van der Waals surface area contributed by atoms with Crippen molar-refractivity contribution in [1.82, 2.24) is 5.32 Å². The van der Waals surface area contributed by atoms with Gasteiger partial charge in [-0.25, -0.2) is 0 Å². The minimum absolute atomic E-state index is 0.181. The summed E-state index contributed by atoms with van der Waals surface area (Å²) in [5.74, 6) is -0.181. The summed E-state index contributed by atoms with van der Waals surface area (Å²) in [6.07, 6.45) is 52.4. The number of carbonyl (C=O) groups excluding carboxylic acids is 1. The van der Waals surface area contributed by atoms with Gasteiger partial charge in [0.1, 0.15) is 24.4 Å². The first-order valence-corrected chi connectivity index (χ1v) is 28.6. The largest absolute Gasteiger partial charge is 0.394 e. The fourth-order valence-corrected chi connectivity index (χ4v) is 9.23. The molecule has 0 radical (unpaired) electrons. The summed E-state index contributed by atoms with van der Waals surface area (Å²) in [6, 6.07) is -0.818. The maximum atomic E-state index is 13.0. The molecule has 1 heterocycles. The molecule has 1 saturated heterocycles. The second-order valence-corrected chi connectivity index (χ2v) is 20.1. The summed E-state index contributed by atoms with van der Waals surface area (Å²) in [5.41, 5.74) is 0. The first-order chi connectivity index (χ1) is 32.3. The Balaban J connectivity index is 2.25. The highest BCUT2D eigenvalue weighted by atomic mass is 16.7. The van der Waals surface area contributed by atoms with Crippen LogP contribution in [0, 0.1) is 0 Å². The van der Waals surface area contributed by atoms with Crippen molar-refractivity contribution in [1.29, 1.82) is 0 Å². The van der Waals surface area contributed by atoms with Gasteiger partial charge in [0.25, 0.3) is 0 Å². The Bertz CT molecular complexity index is 1090. The number of ether oxygens (including phenoxy) is 2. The average molecular weight is 936 g/mol. The molecule has 1 fully saturated rings. The predicted molar refractivity (Wildman–Crippen MR) is 277 cm³/mol. The van der Waals surface area contributed by atoms with Gasteiger partial charge in [-0.1, -0.05) is 263 Å². The number of rotatable bonds is 49. The standard InChI is InChI=1S/C57H109NO8/c1-3-5-7-9-11-13-15-17-19-21-23-25-27-28-30-32-34-36-38-40-42-44-46-51(60)50(49-65-57-56(64)55(63)54(62)52(48-59)66-57)58-53(61)47-45-43-41-39-37-35-33-31-29-26-24-22-20-18-16-14-12-10-8-6-4-2/h36,38,44,46,50-52,54-57,59-60,62-64H,3-35,37,39-43,45,47-49H2,1-2H3,(H,58,61)/b38-36+,46-44+. The average Bonchev–Trinajstić information content (AvgIpc) is 3.32. The topological polar surface area (TPSA) is 149 Å². The third kappa shape index (κ3) is 36.6. The van der Waals surface area contributed by atoms with Crippen molar-refractivity contribution in [2.45, 2.75) is 320 Å². The molecule has 0 aromatic rings. The summed E-state index contributed by atoms with van der Waals surface area (Å²) in [6.45, 7) is 3.80. The Morgan fingerprint density at radius 1 is 0.500 bits per heavy atom. The highest BCUT2D eigenvalue weighted by Crippen LogP contribution is 2.23. The molecule has 0 bridgehead atoms. The van der Waals surface area contributed by atoms with Crippen molar-refractivity contribution in [3.05, 3.63) is 24.3 Å². The number of hydrogen-bond donors (Lipinski definition) is 6. The highest BCUT2D eigenvalue weighted by molar-refractivity contribution is 5.76. The summed E-state index contributed by atoms with van der Waals surface area (Å²) in [5, 5.41) is 54.5. The summed E-state index contributed by atoms with van der Waals surface area (Å²) < 4.78 is 11.3. The molecule has 9 nitrogen and oxygen atoms in total. The molecule has 390 valence electrons. The molecule has 6 N–H and O–H groups in total. The van der Waals surface area contributed by atoms with Crippen LogP contribution in [0.1, 0.15) is 277 Å². The van der Waals surface area contributed by atoms with Gasteiger partial charge in [-0.3, -0.25) is 4.79 Å². The number of carbonyl (C=O) groups is 1. The Kier molecular flexibility index (Phi) is 45.0. The van der Waals surface area contributed by atoms with E-state index in [1.807, 2.05) is 6.08 Å². The molecule has 66 heavy (non-hydrogen) atoms. The van der Waals surface area contributed by atoms with Crippen molar-refractivity contribution >= 4 is 5.91 Å². The van der Waals surface area contributed by atoms with E-state index in [0.29, 0.717) is 6.42 Å². The van der Waals surface area contributed by atoms with E-state index in [4.69, 9.17) is 9.47 Å². The van der Waals surface area contributed by atoms with Crippen LogP contribution in [-0.2, 0) is 14.3 Å². The van der Waals surface area contributed by atoms with Crippen LogP contribution in [0.25, 0.3) is 0 Å². The molecule has 0 aliphatic carbocycles.